The third kappa shape index (κ3) is 5.13. The monoisotopic (exact) mass is 305 g/mol. The Bertz CT molecular complexity index is 465. The summed E-state index contributed by atoms with van der Waals surface area (Å²) < 4.78 is 10.8. The Hall–Kier alpha value is -1.91. The molecule has 1 aliphatic rings. The Morgan fingerprint density at radius 1 is 1.23 bits per heavy atom. The number of rotatable bonds is 6. The summed E-state index contributed by atoms with van der Waals surface area (Å²) in [5.74, 6) is 3.17. The zero-order chi connectivity index (χ0) is 15.8. The first kappa shape index (κ1) is 16.5. The number of guanidine groups is 1. The molecule has 0 unspecified atom stereocenters. The van der Waals surface area contributed by atoms with E-state index in [4.69, 9.17) is 15.2 Å². The van der Waals surface area contributed by atoms with Gasteiger partial charge in [-0.3, -0.25) is 4.99 Å². The van der Waals surface area contributed by atoms with E-state index < -0.39 is 0 Å². The lowest BCUT2D eigenvalue weighted by atomic mass is 10.00. The standard InChI is InChI=1S/C17H27N3O2/c1-14-8-11-20(12-9-14)17(18)19-10-3-13-22-16-6-4-15(21-2)5-7-16/h4-7,14H,3,8-13H2,1-2H3,(H2,18,19). The van der Waals surface area contributed by atoms with Crippen LogP contribution in [0.25, 0.3) is 0 Å². The van der Waals surface area contributed by atoms with Gasteiger partial charge in [-0.15, -0.1) is 0 Å². The fourth-order valence-electron chi connectivity index (χ4n) is 2.46. The lowest BCUT2D eigenvalue weighted by Gasteiger charge is -2.31. The summed E-state index contributed by atoms with van der Waals surface area (Å²) in [5, 5.41) is 0. The fourth-order valence-corrected chi connectivity index (χ4v) is 2.46. The Morgan fingerprint density at radius 3 is 2.50 bits per heavy atom. The van der Waals surface area contributed by atoms with Crippen molar-refractivity contribution in [3.63, 3.8) is 0 Å². The van der Waals surface area contributed by atoms with Gasteiger partial charge in [-0.2, -0.15) is 0 Å². The lowest BCUT2D eigenvalue weighted by Crippen LogP contribution is -2.42. The van der Waals surface area contributed by atoms with Gasteiger partial charge in [0, 0.05) is 26.1 Å². The number of hydrogen-bond donors (Lipinski definition) is 1. The maximum atomic E-state index is 6.04. The maximum Gasteiger partial charge on any atom is 0.191 e. The molecule has 2 N–H and O–H groups in total. The zero-order valence-corrected chi connectivity index (χ0v) is 13.6. The van der Waals surface area contributed by atoms with Crippen molar-refractivity contribution < 1.29 is 9.47 Å². The van der Waals surface area contributed by atoms with Crippen molar-refractivity contribution in [3.8, 4) is 11.5 Å². The summed E-state index contributed by atoms with van der Waals surface area (Å²) in [7, 11) is 1.65. The molecule has 1 aromatic rings. The van der Waals surface area contributed by atoms with Crippen LogP contribution in [0.1, 0.15) is 26.2 Å². The van der Waals surface area contributed by atoms with Crippen molar-refractivity contribution in [2.45, 2.75) is 26.2 Å². The van der Waals surface area contributed by atoms with E-state index in [1.807, 2.05) is 24.3 Å². The van der Waals surface area contributed by atoms with Gasteiger partial charge < -0.3 is 20.1 Å². The molecular formula is C17H27N3O2. The third-order valence-corrected chi connectivity index (χ3v) is 4.01. The number of piperidine rings is 1. The number of benzene rings is 1. The number of methoxy groups -OCH3 is 1. The summed E-state index contributed by atoms with van der Waals surface area (Å²) in [6.45, 7) is 5.69. The van der Waals surface area contributed by atoms with Crippen molar-refractivity contribution in [1.82, 2.24) is 4.90 Å². The highest BCUT2D eigenvalue weighted by Gasteiger charge is 2.16. The van der Waals surface area contributed by atoms with Crippen LogP contribution in [0.3, 0.4) is 0 Å². The molecule has 5 heteroatoms. The molecule has 1 aromatic carbocycles. The molecule has 0 bridgehead atoms. The highest BCUT2D eigenvalue weighted by molar-refractivity contribution is 5.78. The van der Waals surface area contributed by atoms with Crippen LogP contribution in [0.5, 0.6) is 11.5 Å². The predicted molar refractivity (Wildman–Crippen MR) is 89.6 cm³/mol. The van der Waals surface area contributed by atoms with Crippen LogP contribution in [0.2, 0.25) is 0 Å². The molecule has 0 saturated carbocycles. The van der Waals surface area contributed by atoms with E-state index in [0.29, 0.717) is 19.1 Å². The first-order chi connectivity index (χ1) is 10.7. The highest BCUT2D eigenvalue weighted by atomic mass is 16.5. The summed E-state index contributed by atoms with van der Waals surface area (Å²) in [6.07, 6.45) is 3.27. The fraction of sp³-hybridized carbons (Fsp3) is 0.588. The molecule has 0 atom stereocenters. The minimum Gasteiger partial charge on any atom is -0.497 e. The minimum absolute atomic E-state index is 0.639. The van der Waals surface area contributed by atoms with E-state index in [1.54, 1.807) is 7.11 Å². The van der Waals surface area contributed by atoms with Crippen molar-refractivity contribution in [1.29, 1.82) is 0 Å². The molecule has 5 nitrogen and oxygen atoms in total. The third-order valence-electron chi connectivity index (χ3n) is 4.01. The Labute approximate surface area is 133 Å². The Kier molecular flexibility index (Phi) is 6.37. The molecular weight excluding hydrogens is 278 g/mol. The molecule has 0 aliphatic carbocycles. The molecule has 1 fully saturated rings. The molecule has 0 aromatic heterocycles. The second kappa shape index (κ2) is 8.51. The van der Waals surface area contributed by atoms with Crippen molar-refractivity contribution in [2.24, 2.45) is 16.6 Å². The first-order valence-corrected chi connectivity index (χ1v) is 8.00. The average molecular weight is 305 g/mol. The number of likely N-dealkylation sites (tertiary alicyclic amines) is 1. The number of ether oxygens (including phenoxy) is 2. The van der Waals surface area contributed by atoms with Gasteiger partial charge in [0.2, 0.25) is 0 Å². The molecule has 0 spiro atoms. The Morgan fingerprint density at radius 2 is 1.86 bits per heavy atom. The predicted octanol–water partition coefficient (Wildman–Crippen LogP) is 2.51. The number of nitrogens with two attached hydrogens (primary N) is 1. The summed E-state index contributed by atoms with van der Waals surface area (Å²) >= 11 is 0. The van der Waals surface area contributed by atoms with E-state index in [0.717, 1.165) is 36.9 Å². The van der Waals surface area contributed by atoms with Crippen LogP contribution >= 0.6 is 0 Å². The molecule has 22 heavy (non-hydrogen) atoms. The van der Waals surface area contributed by atoms with E-state index in [-0.39, 0.29) is 0 Å². The van der Waals surface area contributed by atoms with E-state index in [1.165, 1.54) is 12.8 Å². The quantitative estimate of drug-likeness (QED) is 0.498. The van der Waals surface area contributed by atoms with Gasteiger partial charge in [0.1, 0.15) is 11.5 Å². The summed E-state index contributed by atoms with van der Waals surface area (Å²) in [6, 6.07) is 7.60. The van der Waals surface area contributed by atoms with Gasteiger partial charge in [-0.1, -0.05) is 6.92 Å². The topological polar surface area (TPSA) is 60.1 Å². The molecule has 2 rings (SSSR count). The van der Waals surface area contributed by atoms with Crippen LogP contribution in [-0.4, -0.2) is 44.2 Å². The van der Waals surface area contributed by atoms with E-state index >= 15 is 0 Å². The first-order valence-electron chi connectivity index (χ1n) is 8.00. The van der Waals surface area contributed by atoms with Gasteiger partial charge >= 0.3 is 0 Å². The molecule has 0 radical (unpaired) electrons. The average Bonchev–Trinajstić information content (AvgIpc) is 2.55. The maximum absolute atomic E-state index is 6.04. The van der Waals surface area contributed by atoms with Gasteiger partial charge in [0.15, 0.2) is 5.96 Å². The molecule has 122 valence electrons. The van der Waals surface area contributed by atoms with Gasteiger partial charge in [0.25, 0.3) is 0 Å². The number of hydrogen-bond acceptors (Lipinski definition) is 3. The van der Waals surface area contributed by atoms with Crippen LogP contribution in [0, 0.1) is 5.92 Å². The summed E-state index contributed by atoms with van der Waals surface area (Å²) in [5.41, 5.74) is 6.04. The van der Waals surface area contributed by atoms with Crippen LogP contribution in [0.4, 0.5) is 0 Å². The largest absolute Gasteiger partial charge is 0.497 e. The molecule has 0 amide bonds. The molecule has 1 aliphatic heterocycles. The number of aliphatic imine (C=N–C) groups is 1. The van der Waals surface area contributed by atoms with Crippen LogP contribution < -0.4 is 15.2 Å². The SMILES string of the molecule is COc1ccc(OCCCN=C(N)N2CCC(C)CC2)cc1. The van der Waals surface area contributed by atoms with Crippen molar-refractivity contribution >= 4 is 5.96 Å². The molecule has 1 heterocycles. The second-order valence-corrected chi connectivity index (χ2v) is 5.79. The summed E-state index contributed by atoms with van der Waals surface area (Å²) in [4.78, 5) is 6.64. The van der Waals surface area contributed by atoms with E-state index in [2.05, 4.69) is 16.8 Å². The Balaban J connectivity index is 1.64. The van der Waals surface area contributed by atoms with Crippen LogP contribution in [-0.2, 0) is 0 Å². The zero-order valence-electron chi connectivity index (χ0n) is 13.6. The minimum atomic E-state index is 0.639. The number of nitrogens with zero attached hydrogens (tertiary/aromatic N) is 2. The smallest absolute Gasteiger partial charge is 0.191 e. The molecule has 1 saturated heterocycles. The highest BCUT2D eigenvalue weighted by Crippen LogP contribution is 2.17. The normalized spacial score (nSPS) is 16.6. The van der Waals surface area contributed by atoms with E-state index in [9.17, 15) is 0 Å². The van der Waals surface area contributed by atoms with Crippen molar-refractivity contribution in [3.05, 3.63) is 24.3 Å². The second-order valence-electron chi connectivity index (χ2n) is 5.79. The lowest BCUT2D eigenvalue weighted by molar-refractivity contribution is 0.277. The van der Waals surface area contributed by atoms with Gasteiger partial charge in [-0.25, -0.2) is 0 Å². The van der Waals surface area contributed by atoms with Crippen molar-refractivity contribution in [2.75, 3.05) is 33.4 Å². The van der Waals surface area contributed by atoms with Gasteiger partial charge in [-0.05, 0) is 43.0 Å². The van der Waals surface area contributed by atoms with Crippen LogP contribution in [0.15, 0.2) is 29.3 Å². The van der Waals surface area contributed by atoms with Gasteiger partial charge in [0.05, 0.1) is 13.7 Å².